The van der Waals surface area contributed by atoms with Crippen molar-refractivity contribution >= 4 is 55.6 Å². The van der Waals surface area contributed by atoms with Crippen molar-refractivity contribution in [2.75, 3.05) is 0 Å². The van der Waals surface area contributed by atoms with E-state index in [-0.39, 0.29) is 0 Å². The first-order valence-electron chi connectivity index (χ1n) is 3.52. The fraction of sp³-hybridized carbons (Fsp3) is 0.111. The molecule has 2 aromatic rings. The van der Waals surface area contributed by atoms with E-state index in [2.05, 4.69) is 47.7 Å². The van der Waals surface area contributed by atoms with Crippen molar-refractivity contribution in [3.8, 4) is 0 Å². The SMILES string of the molecule is Cc1ccc2sc(Cl)c(I)c2c1. The highest BCUT2D eigenvalue weighted by atomic mass is 127. The summed E-state index contributed by atoms with van der Waals surface area (Å²) in [5, 5.41) is 1.28. The van der Waals surface area contributed by atoms with E-state index in [0.29, 0.717) is 0 Å². The largest absolute Gasteiger partial charge is 0.122 e. The third-order valence-corrected chi connectivity index (χ3v) is 4.93. The molecule has 0 N–H and O–H groups in total. The summed E-state index contributed by atoms with van der Waals surface area (Å²) in [6.07, 6.45) is 0. The lowest BCUT2D eigenvalue weighted by atomic mass is 10.2. The first-order valence-corrected chi connectivity index (χ1v) is 5.80. The van der Waals surface area contributed by atoms with Gasteiger partial charge < -0.3 is 0 Å². The number of thiophene rings is 1. The zero-order valence-corrected chi connectivity index (χ0v) is 10.1. The van der Waals surface area contributed by atoms with Crippen molar-refractivity contribution in [3.05, 3.63) is 31.7 Å². The smallest absolute Gasteiger partial charge is 0.107 e. The minimum atomic E-state index is 0.899. The molecule has 12 heavy (non-hydrogen) atoms. The molecule has 3 heteroatoms. The molecule has 0 unspecified atom stereocenters. The Kier molecular flexibility index (Phi) is 2.31. The highest BCUT2D eigenvalue weighted by Crippen LogP contribution is 2.36. The van der Waals surface area contributed by atoms with E-state index in [1.54, 1.807) is 11.3 Å². The van der Waals surface area contributed by atoms with Gasteiger partial charge >= 0.3 is 0 Å². The monoisotopic (exact) mass is 308 g/mol. The maximum absolute atomic E-state index is 6.02. The normalized spacial score (nSPS) is 10.9. The van der Waals surface area contributed by atoms with Crippen LogP contribution in [0.25, 0.3) is 10.1 Å². The standard InChI is InChI=1S/C9H6ClIS/c1-5-2-3-7-6(4-5)8(11)9(10)12-7/h2-4H,1H3. The van der Waals surface area contributed by atoms with Gasteiger partial charge in [-0.15, -0.1) is 11.3 Å². The highest BCUT2D eigenvalue weighted by molar-refractivity contribution is 14.1. The topological polar surface area (TPSA) is 0 Å². The van der Waals surface area contributed by atoms with Gasteiger partial charge in [-0.3, -0.25) is 0 Å². The Morgan fingerprint density at radius 2 is 2.17 bits per heavy atom. The first-order chi connectivity index (χ1) is 5.68. The molecule has 62 valence electrons. The number of hydrogen-bond acceptors (Lipinski definition) is 1. The number of benzene rings is 1. The second kappa shape index (κ2) is 3.16. The fourth-order valence-corrected chi connectivity index (χ4v) is 3.26. The van der Waals surface area contributed by atoms with Gasteiger partial charge in [0, 0.05) is 10.1 Å². The summed E-state index contributed by atoms with van der Waals surface area (Å²) >= 11 is 9.95. The van der Waals surface area contributed by atoms with Gasteiger partial charge in [-0.05, 0) is 41.6 Å². The predicted octanol–water partition coefficient (Wildman–Crippen LogP) is 4.47. The summed E-state index contributed by atoms with van der Waals surface area (Å²) in [4.78, 5) is 0. The molecule has 1 aromatic heterocycles. The average molecular weight is 309 g/mol. The van der Waals surface area contributed by atoms with E-state index in [0.717, 1.165) is 4.34 Å². The number of aryl methyl sites for hydroxylation is 1. The van der Waals surface area contributed by atoms with E-state index >= 15 is 0 Å². The number of halogens is 2. The third kappa shape index (κ3) is 1.36. The second-order valence-corrected chi connectivity index (χ2v) is 5.42. The summed E-state index contributed by atoms with van der Waals surface area (Å²) < 4.78 is 3.35. The zero-order chi connectivity index (χ0) is 8.72. The molecule has 0 saturated heterocycles. The molecular formula is C9H6ClIS. The molecule has 0 atom stereocenters. The predicted molar refractivity (Wildman–Crippen MR) is 64.3 cm³/mol. The van der Waals surface area contributed by atoms with Gasteiger partial charge in [0.25, 0.3) is 0 Å². The van der Waals surface area contributed by atoms with Crippen LogP contribution in [0, 0.1) is 10.5 Å². The lowest BCUT2D eigenvalue weighted by molar-refractivity contribution is 1.51. The van der Waals surface area contributed by atoms with Gasteiger partial charge in [0.1, 0.15) is 4.34 Å². The Morgan fingerprint density at radius 3 is 2.92 bits per heavy atom. The molecule has 0 radical (unpaired) electrons. The molecule has 0 saturated carbocycles. The minimum absolute atomic E-state index is 0.899. The van der Waals surface area contributed by atoms with Gasteiger partial charge in [0.05, 0.1) is 3.57 Å². The van der Waals surface area contributed by atoms with E-state index < -0.39 is 0 Å². The maximum atomic E-state index is 6.02. The van der Waals surface area contributed by atoms with Gasteiger partial charge in [-0.25, -0.2) is 0 Å². The van der Waals surface area contributed by atoms with E-state index in [4.69, 9.17) is 11.6 Å². The summed E-state index contributed by atoms with van der Waals surface area (Å²) in [7, 11) is 0. The molecule has 0 aliphatic carbocycles. The second-order valence-electron chi connectivity index (χ2n) is 2.69. The lowest BCUT2D eigenvalue weighted by Gasteiger charge is -1.92. The van der Waals surface area contributed by atoms with E-state index in [1.807, 2.05) is 0 Å². The minimum Gasteiger partial charge on any atom is -0.122 e. The molecule has 0 bridgehead atoms. The van der Waals surface area contributed by atoms with Crippen molar-refractivity contribution in [1.29, 1.82) is 0 Å². The van der Waals surface area contributed by atoms with Crippen LogP contribution in [0.1, 0.15) is 5.56 Å². The van der Waals surface area contributed by atoms with Crippen LogP contribution >= 0.6 is 45.5 Å². The summed E-state index contributed by atoms with van der Waals surface area (Å²) in [6.45, 7) is 2.10. The van der Waals surface area contributed by atoms with E-state index in [9.17, 15) is 0 Å². The van der Waals surface area contributed by atoms with Crippen LogP contribution in [0.5, 0.6) is 0 Å². The Balaban J connectivity index is 2.88. The first kappa shape index (κ1) is 8.78. The van der Waals surface area contributed by atoms with Crippen LogP contribution in [0.4, 0.5) is 0 Å². The summed E-state index contributed by atoms with van der Waals surface area (Å²) in [5.74, 6) is 0. The molecule has 2 rings (SSSR count). The van der Waals surface area contributed by atoms with Gasteiger partial charge in [0.15, 0.2) is 0 Å². The Bertz CT molecular complexity index is 433. The summed E-state index contributed by atoms with van der Waals surface area (Å²) in [6, 6.07) is 6.42. The summed E-state index contributed by atoms with van der Waals surface area (Å²) in [5.41, 5.74) is 1.29. The molecule has 0 spiro atoms. The molecule has 0 nitrogen and oxygen atoms in total. The fourth-order valence-electron chi connectivity index (χ4n) is 1.15. The third-order valence-electron chi connectivity index (χ3n) is 1.74. The molecule has 0 fully saturated rings. The van der Waals surface area contributed by atoms with Crippen LogP contribution in [-0.2, 0) is 0 Å². The van der Waals surface area contributed by atoms with Crippen LogP contribution in [0.2, 0.25) is 4.34 Å². The van der Waals surface area contributed by atoms with Crippen LogP contribution in [0.3, 0.4) is 0 Å². The van der Waals surface area contributed by atoms with Gasteiger partial charge in [0.2, 0.25) is 0 Å². The molecular weight excluding hydrogens is 303 g/mol. The Hall–Kier alpha value is 0.200. The lowest BCUT2D eigenvalue weighted by Crippen LogP contribution is -1.71. The quantitative estimate of drug-likeness (QED) is 0.630. The number of rotatable bonds is 0. The van der Waals surface area contributed by atoms with Crippen LogP contribution in [0.15, 0.2) is 18.2 Å². The number of fused-ring (bicyclic) bond motifs is 1. The maximum Gasteiger partial charge on any atom is 0.107 e. The molecule has 1 aromatic carbocycles. The van der Waals surface area contributed by atoms with Gasteiger partial charge in [-0.1, -0.05) is 23.2 Å². The van der Waals surface area contributed by atoms with Crippen molar-refractivity contribution in [2.45, 2.75) is 6.92 Å². The molecule has 1 heterocycles. The molecule has 0 aliphatic rings. The van der Waals surface area contributed by atoms with E-state index in [1.165, 1.54) is 19.2 Å². The van der Waals surface area contributed by atoms with Crippen molar-refractivity contribution < 1.29 is 0 Å². The Morgan fingerprint density at radius 1 is 1.42 bits per heavy atom. The van der Waals surface area contributed by atoms with Crippen LogP contribution < -0.4 is 0 Å². The highest BCUT2D eigenvalue weighted by Gasteiger charge is 2.06. The van der Waals surface area contributed by atoms with Crippen molar-refractivity contribution in [3.63, 3.8) is 0 Å². The molecule has 0 aliphatic heterocycles. The molecule has 0 amide bonds. The van der Waals surface area contributed by atoms with Crippen molar-refractivity contribution in [2.24, 2.45) is 0 Å². The zero-order valence-electron chi connectivity index (χ0n) is 6.40. The Labute approximate surface area is 93.7 Å². The average Bonchev–Trinajstić information content (AvgIpc) is 2.31. The van der Waals surface area contributed by atoms with Crippen molar-refractivity contribution in [1.82, 2.24) is 0 Å². The number of hydrogen-bond donors (Lipinski definition) is 0. The van der Waals surface area contributed by atoms with Gasteiger partial charge in [-0.2, -0.15) is 0 Å². The van der Waals surface area contributed by atoms with Crippen LogP contribution in [-0.4, -0.2) is 0 Å².